The summed E-state index contributed by atoms with van der Waals surface area (Å²) in [5.41, 5.74) is 1.60. The van der Waals surface area contributed by atoms with Crippen molar-refractivity contribution in [3.63, 3.8) is 0 Å². The molecule has 162 valence electrons. The number of aliphatic hydroxyl groups is 1. The molecule has 7 heteroatoms. The van der Waals surface area contributed by atoms with Crippen LogP contribution in [0, 0.1) is 0 Å². The van der Waals surface area contributed by atoms with E-state index in [0.29, 0.717) is 34.9 Å². The van der Waals surface area contributed by atoms with Gasteiger partial charge in [-0.25, -0.2) is 0 Å². The van der Waals surface area contributed by atoms with Gasteiger partial charge < -0.3 is 14.6 Å². The van der Waals surface area contributed by atoms with Crippen molar-refractivity contribution in [3.05, 3.63) is 89.8 Å². The van der Waals surface area contributed by atoms with Crippen molar-refractivity contribution in [1.29, 1.82) is 0 Å². The van der Waals surface area contributed by atoms with Crippen LogP contribution in [-0.4, -0.2) is 35.5 Å². The number of benzene rings is 2. The molecule has 1 aromatic heterocycles. The summed E-state index contributed by atoms with van der Waals surface area (Å²) in [6, 6.07) is 16.2. The second-order valence-electron chi connectivity index (χ2n) is 7.11. The average Bonchev–Trinajstić information content (AvgIpc) is 3.10. The van der Waals surface area contributed by atoms with Gasteiger partial charge in [-0.1, -0.05) is 0 Å². The molecule has 7 nitrogen and oxygen atoms in total. The van der Waals surface area contributed by atoms with E-state index in [-0.39, 0.29) is 11.3 Å². The fourth-order valence-corrected chi connectivity index (χ4v) is 3.73. The molecule has 0 aliphatic carbocycles. The molecule has 1 aliphatic rings. The van der Waals surface area contributed by atoms with Gasteiger partial charge in [0.2, 0.25) is 0 Å². The Morgan fingerprint density at radius 1 is 0.969 bits per heavy atom. The average molecular weight is 430 g/mol. The Labute approximate surface area is 185 Å². The lowest BCUT2D eigenvalue weighted by atomic mass is 9.95. The maximum Gasteiger partial charge on any atom is 0.300 e. The van der Waals surface area contributed by atoms with Gasteiger partial charge in [0.25, 0.3) is 11.7 Å². The number of rotatable bonds is 6. The summed E-state index contributed by atoms with van der Waals surface area (Å²) in [5, 5.41) is 11.1. The number of Topliss-reactive ketones (excluding diaryl/α,β-unsaturated/α-hetero) is 1. The second kappa shape index (κ2) is 8.93. The number of nitrogens with zero attached hydrogens (tertiary/aromatic N) is 2. The van der Waals surface area contributed by atoms with Crippen LogP contribution in [-0.2, 0) is 9.59 Å². The largest absolute Gasteiger partial charge is 0.507 e. The summed E-state index contributed by atoms with van der Waals surface area (Å²) in [4.78, 5) is 31.6. The van der Waals surface area contributed by atoms with E-state index >= 15 is 0 Å². The molecule has 1 saturated heterocycles. The highest BCUT2D eigenvalue weighted by molar-refractivity contribution is 6.51. The maximum absolute atomic E-state index is 13.1. The number of amides is 1. The van der Waals surface area contributed by atoms with Gasteiger partial charge in [-0.2, -0.15) is 0 Å². The molecule has 1 fully saturated rings. The molecule has 1 aliphatic heterocycles. The van der Waals surface area contributed by atoms with Gasteiger partial charge in [-0.05, 0) is 73.2 Å². The maximum atomic E-state index is 13.1. The molecule has 0 spiro atoms. The van der Waals surface area contributed by atoms with Crippen LogP contribution in [0.5, 0.6) is 11.5 Å². The molecular formula is C25H22N2O5. The third-order valence-electron chi connectivity index (χ3n) is 5.26. The van der Waals surface area contributed by atoms with Gasteiger partial charge in [-0.15, -0.1) is 0 Å². The van der Waals surface area contributed by atoms with Crippen molar-refractivity contribution in [1.82, 2.24) is 4.98 Å². The van der Waals surface area contributed by atoms with Crippen molar-refractivity contribution in [3.8, 4) is 11.5 Å². The number of methoxy groups -OCH3 is 1. The fraction of sp³-hybridized carbons (Fsp3) is 0.160. The highest BCUT2D eigenvalue weighted by Crippen LogP contribution is 2.42. The minimum atomic E-state index is -0.807. The lowest BCUT2D eigenvalue weighted by molar-refractivity contribution is -0.132. The number of aromatic nitrogens is 1. The lowest BCUT2D eigenvalue weighted by Gasteiger charge is -2.25. The summed E-state index contributed by atoms with van der Waals surface area (Å²) in [5.74, 6) is -0.449. The first-order chi connectivity index (χ1) is 15.5. The van der Waals surface area contributed by atoms with E-state index in [0.717, 1.165) is 0 Å². The smallest absolute Gasteiger partial charge is 0.300 e. The molecule has 1 N–H and O–H groups in total. The number of ether oxygens (including phenoxy) is 2. The molecule has 1 unspecified atom stereocenters. The van der Waals surface area contributed by atoms with Crippen molar-refractivity contribution in [2.45, 2.75) is 13.0 Å². The van der Waals surface area contributed by atoms with Crippen LogP contribution in [0.15, 0.2) is 78.6 Å². The third kappa shape index (κ3) is 3.80. The fourth-order valence-electron chi connectivity index (χ4n) is 3.73. The monoisotopic (exact) mass is 430 g/mol. The van der Waals surface area contributed by atoms with E-state index in [9.17, 15) is 14.7 Å². The van der Waals surface area contributed by atoms with E-state index in [1.54, 1.807) is 80.2 Å². The number of anilines is 1. The molecule has 1 atom stereocenters. The molecule has 2 heterocycles. The SMILES string of the molecule is CCOc1ccc(N2C(=O)C(=O)/C(=C(\O)c3ccc(OC)cc3)C2c2ccncc2)cc1. The standard InChI is InChI=1S/C25H22N2O5/c1-3-32-20-10-6-18(7-11-20)27-22(16-12-14-26-15-13-16)21(24(29)25(27)30)23(28)17-4-8-19(31-2)9-5-17/h4-15,22,28H,3H2,1-2H3/b23-21-. The second-order valence-corrected chi connectivity index (χ2v) is 7.11. The third-order valence-corrected chi connectivity index (χ3v) is 5.26. The van der Waals surface area contributed by atoms with E-state index in [2.05, 4.69) is 4.98 Å². The highest BCUT2D eigenvalue weighted by Gasteiger charge is 2.46. The Hall–Kier alpha value is -4.13. The van der Waals surface area contributed by atoms with Crippen molar-refractivity contribution in [2.24, 2.45) is 0 Å². The minimum Gasteiger partial charge on any atom is -0.507 e. The topological polar surface area (TPSA) is 89.0 Å². The zero-order valence-electron chi connectivity index (χ0n) is 17.7. The van der Waals surface area contributed by atoms with E-state index in [4.69, 9.17) is 9.47 Å². The summed E-state index contributed by atoms with van der Waals surface area (Å²) in [6.07, 6.45) is 3.17. The highest BCUT2D eigenvalue weighted by atomic mass is 16.5. The van der Waals surface area contributed by atoms with Crippen molar-refractivity contribution < 1.29 is 24.2 Å². The van der Waals surface area contributed by atoms with Crippen LogP contribution in [0.1, 0.15) is 24.1 Å². The zero-order chi connectivity index (χ0) is 22.7. The summed E-state index contributed by atoms with van der Waals surface area (Å²) in [6.45, 7) is 2.40. The summed E-state index contributed by atoms with van der Waals surface area (Å²) < 4.78 is 10.6. The molecular weight excluding hydrogens is 408 g/mol. The van der Waals surface area contributed by atoms with Crippen LogP contribution in [0.3, 0.4) is 0 Å². The lowest BCUT2D eigenvalue weighted by Crippen LogP contribution is -2.29. The predicted molar refractivity (Wildman–Crippen MR) is 120 cm³/mol. The quantitative estimate of drug-likeness (QED) is 0.360. The molecule has 4 rings (SSSR count). The van der Waals surface area contributed by atoms with E-state index in [1.807, 2.05) is 6.92 Å². The van der Waals surface area contributed by atoms with Gasteiger partial charge in [0, 0.05) is 23.6 Å². The molecule has 0 saturated carbocycles. The number of carbonyl (C=O) groups excluding carboxylic acids is 2. The Bertz CT molecular complexity index is 1160. The summed E-state index contributed by atoms with van der Waals surface area (Å²) >= 11 is 0. The van der Waals surface area contributed by atoms with Crippen molar-refractivity contribution in [2.75, 3.05) is 18.6 Å². The first-order valence-corrected chi connectivity index (χ1v) is 10.1. The zero-order valence-corrected chi connectivity index (χ0v) is 17.7. The first-order valence-electron chi connectivity index (χ1n) is 10.1. The van der Waals surface area contributed by atoms with Gasteiger partial charge in [0.05, 0.1) is 25.3 Å². The van der Waals surface area contributed by atoms with Gasteiger partial charge in [-0.3, -0.25) is 19.5 Å². The van der Waals surface area contributed by atoms with Crippen molar-refractivity contribution >= 4 is 23.1 Å². The number of hydrogen-bond donors (Lipinski definition) is 1. The van der Waals surface area contributed by atoms with Gasteiger partial charge >= 0.3 is 0 Å². The van der Waals surface area contributed by atoms with Crippen LogP contribution < -0.4 is 14.4 Å². The number of pyridine rings is 1. The molecule has 1 amide bonds. The molecule has 0 radical (unpaired) electrons. The molecule has 0 bridgehead atoms. The normalized spacial score (nSPS) is 17.4. The number of ketones is 1. The number of carbonyl (C=O) groups is 2. The van der Waals surface area contributed by atoms with Crippen LogP contribution >= 0.6 is 0 Å². The molecule has 32 heavy (non-hydrogen) atoms. The minimum absolute atomic E-state index is 0.0141. The molecule has 3 aromatic rings. The number of aliphatic hydroxyl groups excluding tert-OH is 1. The van der Waals surface area contributed by atoms with Gasteiger partial charge in [0.15, 0.2) is 0 Å². The van der Waals surface area contributed by atoms with Crippen LogP contribution in [0.2, 0.25) is 0 Å². The van der Waals surface area contributed by atoms with E-state index in [1.165, 1.54) is 4.90 Å². The number of hydrogen-bond acceptors (Lipinski definition) is 6. The Kier molecular flexibility index (Phi) is 5.89. The van der Waals surface area contributed by atoms with Crippen LogP contribution in [0.25, 0.3) is 5.76 Å². The van der Waals surface area contributed by atoms with Gasteiger partial charge in [0.1, 0.15) is 17.3 Å². The first kappa shape index (κ1) is 21.1. The van der Waals surface area contributed by atoms with E-state index < -0.39 is 17.7 Å². The Balaban J connectivity index is 1.85. The Morgan fingerprint density at radius 3 is 2.19 bits per heavy atom. The Morgan fingerprint density at radius 2 is 1.59 bits per heavy atom. The molecule has 2 aromatic carbocycles. The van der Waals surface area contributed by atoms with Crippen LogP contribution in [0.4, 0.5) is 5.69 Å². The predicted octanol–water partition coefficient (Wildman–Crippen LogP) is 4.12. The summed E-state index contributed by atoms with van der Waals surface area (Å²) in [7, 11) is 1.54.